The molecule has 1 aliphatic rings. The van der Waals surface area contributed by atoms with E-state index in [1.807, 2.05) is 0 Å². The number of nitrogens with zero attached hydrogens (tertiary/aromatic N) is 1. The number of thiophene rings is 1. The molecule has 0 unspecified atom stereocenters. The monoisotopic (exact) mass is 553 g/mol. The molecule has 1 saturated heterocycles. The topological polar surface area (TPSA) is 133 Å². The number of hydrogen-bond acceptors (Lipinski definition) is 6. The fourth-order valence-electron chi connectivity index (χ4n) is 3.46. The number of nitrogens with one attached hydrogen (secondary N) is 2. The van der Waals surface area contributed by atoms with Crippen LogP contribution in [0, 0.1) is 0 Å². The highest BCUT2D eigenvalue weighted by Crippen LogP contribution is 2.41. The van der Waals surface area contributed by atoms with Gasteiger partial charge in [0.25, 0.3) is 5.91 Å². The lowest BCUT2D eigenvalue weighted by atomic mass is 10.1. The molecule has 0 radical (unpaired) electrons. The summed E-state index contributed by atoms with van der Waals surface area (Å²) in [5.74, 6) is -3.05. The summed E-state index contributed by atoms with van der Waals surface area (Å²) < 4.78 is 70.0. The molecule has 2 heterocycles. The average molecular weight is 554 g/mol. The van der Waals surface area contributed by atoms with Gasteiger partial charge in [0, 0.05) is 19.5 Å². The normalized spacial score (nSPS) is 15.7. The third kappa shape index (κ3) is 6.31. The molecule has 0 spiro atoms. The first-order valence-corrected chi connectivity index (χ1v) is 12.8. The number of anilines is 1. The van der Waals surface area contributed by atoms with Crippen molar-refractivity contribution in [1.82, 2.24) is 10.0 Å². The van der Waals surface area contributed by atoms with E-state index >= 15 is 0 Å². The maximum absolute atomic E-state index is 14.0. The molecule has 0 saturated carbocycles. The van der Waals surface area contributed by atoms with Gasteiger partial charge in [-0.15, -0.1) is 11.3 Å². The third-order valence-corrected chi connectivity index (χ3v) is 7.79. The van der Waals surface area contributed by atoms with Crippen LogP contribution in [0.25, 0.3) is 0 Å². The minimum atomic E-state index is -5.18. The molecule has 3 N–H and O–H groups in total. The van der Waals surface area contributed by atoms with Crippen LogP contribution in [0.15, 0.2) is 35.2 Å². The number of amides is 2. The van der Waals surface area contributed by atoms with Crippen molar-refractivity contribution in [3.63, 3.8) is 0 Å². The number of carboxylic acids is 1. The van der Waals surface area contributed by atoms with E-state index in [4.69, 9.17) is 11.6 Å². The number of carboxylic acid groups (broad SMARTS) is 1. The molecule has 2 aromatic rings. The van der Waals surface area contributed by atoms with Crippen molar-refractivity contribution in [1.29, 1.82) is 0 Å². The van der Waals surface area contributed by atoms with Crippen LogP contribution in [0.1, 0.15) is 34.5 Å². The number of rotatable bonds is 8. The summed E-state index contributed by atoms with van der Waals surface area (Å²) in [6.45, 7) is -0.774. The van der Waals surface area contributed by atoms with E-state index in [-0.39, 0.29) is 22.2 Å². The summed E-state index contributed by atoms with van der Waals surface area (Å²) in [7, 11) is -5.06. The molecule has 1 fully saturated rings. The molecule has 0 aliphatic carbocycles. The van der Waals surface area contributed by atoms with Crippen LogP contribution in [0.5, 0.6) is 0 Å². The summed E-state index contributed by atoms with van der Waals surface area (Å²) >= 11 is 6.63. The van der Waals surface area contributed by atoms with Gasteiger partial charge >= 0.3 is 12.1 Å². The van der Waals surface area contributed by atoms with Crippen LogP contribution in [0.2, 0.25) is 4.34 Å². The van der Waals surface area contributed by atoms with Gasteiger partial charge in [0.15, 0.2) is 0 Å². The first-order chi connectivity index (χ1) is 16.3. The Labute approximate surface area is 206 Å². The molecule has 1 aromatic heterocycles. The van der Waals surface area contributed by atoms with E-state index in [9.17, 15) is 41.1 Å². The van der Waals surface area contributed by atoms with Crippen molar-refractivity contribution in [3.8, 4) is 0 Å². The highest BCUT2D eigenvalue weighted by Gasteiger charge is 2.43. The summed E-state index contributed by atoms with van der Waals surface area (Å²) in [6.07, 6.45) is -4.22. The van der Waals surface area contributed by atoms with Gasteiger partial charge in [-0.05, 0) is 37.1 Å². The van der Waals surface area contributed by atoms with Crippen LogP contribution in [-0.4, -0.2) is 50.4 Å². The lowest BCUT2D eigenvalue weighted by Gasteiger charge is -2.30. The Bertz CT molecular complexity index is 1250. The largest absolute Gasteiger partial charge is 0.480 e. The second-order valence-corrected chi connectivity index (χ2v) is 10.9. The van der Waals surface area contributed by atoms with Crippen LogP contribution >= 0.6 is 22.9 Å². The van der Waals surface area contributed by atoms with Gasteiger partial charge in [-0.2, -0.15) is 17.9 Å². The van der Waals surface area contributed by atoms with Gasteiger partial charge in [-0.1, -0.05) is 17.7 Å². The van der Waals surface area contributed by atoms with Crippen molar-refractivity contribution in [3.05, 3.63) is 45.1 Å². The van der Waals surface area contributed by atoms with Gasteiger partial charge in [0.2, 0.25) is 15.9 Å². The number of aliphatic carboxylic acids is 1. The molecule has 1 aliphatic heterocycles. The van der Waals surface area contributed by atoms with Gasteiger partial charge in [0.05, 0.1) is 25.4 Å². The zero-order chi connectivity index (χ0) is 26.0. The standard InChI is InChI=1S/C20H19ClF3N3O6S2/c21-15-8-7-13(34-15)18(29)25-10-11(19(30)31)26-35(32,33)14-5-3-4-12(17(14)20(22,23)24)27-9-2-1-6-16(27)28/h3-5,7-8,11,26H,1-2,6,9-10H2,(H,25,29)(H,30,31)/t11-/m0/s1. The van der Waals surface area contributed by atoms with Gasteiger partial charge in [-0.25, -0.2) is 8.42 Å². The fraction of sp³-hybridized carbons (Fsp3) is 0.350. The molecule has 15 heteroatoms. The number of carbonyl (C=O) groups is 3. The summed E-state index contributed by atoms with van der Waals surface area (Å²) in [5.41, 5.74) is -2.20. The summed E-state index contributed by atoms with van der Waals surface area (Å²) in [6, 6.07) is 3.52. The molecule has 3 rings (SSSR count). The SMILES string of the molecule is O=C(NC[C@H](NS(=O)(=O)c1cccc(N2CCCCC2=O)c1C(F)(F)F)C(=O)O)c1ccc(Cl)s1. The molecule has 190 valence electrons. The first kappa shape index (κ1) is 26.9. The Kier molecular flexibility index (Phi) is 8.09. The highest BCUT2D eigenvalue weighted by molar-refractivity contribution is 7.89. The van der Waals surface area contributed by atoms with Crippen molar-refractivity contribution >= 4 is 56.4 Å². The molecule has 35 heavy (non-hydrogen) atoms. The first-order valence-electron chi connectivity index (χ1n) is 10.1. The van der Waals surface area contributed by atoms with E-state index in [1.165, 1.54) is 12.1 Å². The van der Waals surface area contributed by atoms with Crippen molar-refractivity contribution in [2.45, 2.75) is 36.4 Å². The lowest BCUT2D eigenvalue weighted by Crippen LogP contribution is -2.48. The summed E-state index contributed by atoms with van der Waals surface area (Å²) in [5, 5.41) is 11.6. The Morgan fingerprint density at radius 3 is 2.49 bits per heavy atom. The van der Waals surface area contributed by atoms with Gasteiger partial charge < -0.3 is 15.3 Å². The fourth-order valence-corrected chi connectivity index (χ4v) is 5.85. The van der Waals surface area contributed by atoms with Crippen LogP contribution < -0.4 is 14.9 Å². The molecule has 2 amide bonds. The number of halogens is 4. The highest BCUT2D eigenvalue weighted by atomic mass is 35.5. The van der Waals surface area contributed by atoms with Crippen molar-refractivity contribution in [2.75, 3.05) is 18.0 Å². The van der Waals surface area contributed by atoms with E-state index < -0.39 is 62.7 Å². The Hall–Kier alpha value is -2.68. The second kappa shape index (κ2) is 10.5. The van der Waals surface area contributed by atoms with Gasteiger partial charge in [0.1, 0.15) is 6.04 Å². The summed E-state index contributed by atoms with van der Waals surface area (Å²) in [4.78, 5) is 35.8. The predicted octanol–water partition coefficient (Wildman–Crippen LogP) is 3.10. The number of benzene rings is 1. The van der Waals surface area contributed by atoms with Crippen LogP contribution in [0.4, 0.5) is 18.9 Å². The van der Waals surface area contributed by atoms with Gasteiger partial charge in [-0.3, -0.25) is 14.4 Å². The quantitative estimate of drug-likeness (QED) is 0.460. The van der Waals surface area contributed by atoms with E-state index in [1.54, 1.807) is 4.72 Å². The molecular formula is C20H19ClF3N3O6S2. The third-order valence-electron chi connectivity index (χ3n) is 5.05. The maximum Gasteiger partial charge on any atom is 0.419 e. The zero-order valence-electron chi connectivity index (χ0n) is 17.8. The number of alkyl halides is 3. The average Bonchev–Trinajstić information content (AvgIpc) is 3.22. The molecule has 9 nitrogen and oxygen atoms in total. The number of hydrogen-bond donors (Lipinski definition) is 3. The number of sulfonamides is 1. The number of piperidine rings is 1. The van der Waals surface area contributed by atoms with E-state index in [0.29, 0.717) is 18.9 Å². The molecule has 0 bridgehead atoms. The zero-order valence-corrected chi connectivity index (χ0v) is 20.2. The Balaban J connectivity index is 1.92. The maximum atomic E-state index is 14.0. The lowest BCUT2D eigenvalue weighted by molar-refractivity contribution is -0.139. The second-order valence-electron chi connectivity index (χ2n) is 7.48. The van der Waals surface area contributed by atoms with Crippen LogP contribution in [-0.2, 0) is 25.8 Å². The molecule has 1 aromatic carbocycles. The smallest absolute Gasteiger partial charge is 0.419 e. The minimum Gasteiger partial charge on any atom is -0.480 e. The van der Waals surface area contributed by atoms with Crippen molar-refractivity contribution in [2.24, 2.45) is 0 Å². The minimum absolute atomic E-state index is 0.0166. The van der Waals surface area contributed by atoms with E-state index in [2.05, 4.69) is 5.32 Å². The Morgan fingerprint density at radius 1 is 1.20 bits per heavy atom. The predicted molar refractivity (Wildman–Crippen MR) is 121 cm³/mol. The van der Waals surface area contributed by atoms with E-state index in [0.717, 1.165) is 28.4 Å². The van der Waals surface area contributed by atoms with Crippen LogP contribution in [0.3, 0.4) is 0 Å². The number of carbonyl (C=O) groups excluding carboxylic acids is 2. The molecular weight excluding hydrogens is 535 g/mol. The molecule has 1 atom stereocenters. The van der Waals surface area contributed by atoms with Crippen molar-refractivity contribution < 1.29 is 41.1 Å². The Morgan fingerprint density at radius 2 is 1.91 bits per heavy atom.